The van der Waals surface area contributed by atoms with E-state index in [1.807, 2.05) is 19.3 Å². The number of hydrogen-bond donors (Lipinski definition) is 2. The van der Waals surface area contributed by atoms with Crippen LogP contribution < -0.4 is 15.4 Å². The topological polar surface area (TPSA) is 61.8 Å². The summed E-state index contributed by atoms with van der Waals surface area (Å²) in [6, 6.07) is 5.16. The lowest BCUT2D eigenvalue weighted by Gasteiger charge is -2.35. The van der Waals surface area contributed by atoms with Gasteiger partial charge in [-0.15, -0.1) is 0 Å². The molecule has 0 bridgehead atoms. The van der Waals surface area contributed by atoms with E-state index in [4.69, 9.17) is 4.74 Å². The maximum atomic E-state index is 6.14. The maximum absolute atomic E-state index is 6.14. The van der Waals surface area contributed by atoms with Crippen molar-refractivity contribution in [3.05, 3.63) is 23.9 Å². The first-order valence-electron chi connectivity index (χ1n) is 10.5. The van der Waals surface area contributed by atoms with Crippen molar-refractivity contribution >= 4 is 5.96 Å². The first kappa shape index (κ1) is 19.9. The summed E-state index contributed by atoms with van der Waals surface area (Å²) in [6.07, 6.45) is 9.24. The second-order valence-electron chi connectivity index (χ2n) is 7.97. The van der Waals surface area contributed by atoms with Gasteiger partial charge in [-0.05, 0) is 58.4 Å². The average molecular weight is 374 g/mol. The molecule has 27 heavy (non-hydrogen) atoms. The minimum atomic E-state index is 0.322. The third-order valence-electron chi connectivity index (χ3n) is 5.70. The predicted octanol–water partition coefficient (Wildman–Crippen LogP) is 2.94. The molecule has 0 amide bonds. The number of aliphatic imine (C=N–C) groups is 1. The van der Waals surface area contributed by atoms with Crippen molar-refractivity contribution in [1.29, 1.82) is 0 Å². The molecule has 0 unspecified atom stereocenters. The summed E-state index contributed by atoms with van der Waals surface area (Å²) < 4.78 is 6.14. The van der Waals surface area contributed by atoms with Crippen LogP contribution in [0.25, 0.3) is 0 Å². The van der Waals surface area contributed by atoms with Gasteiger partial charge in [-0.25, -0.2) is 4.98 Å². The average Bonchev–Trinajstić information content (AvgIpc) is 3.19. The van der Waals surface area contributed by atoms with E-state index in [9.17, 15) is 0 Å². The molecule has 2 aliphatic rings. The fraction of sp³-hybridized carbons (Fsp3) is 0.714. The van der Waals surface area contributed by atoms with Gasteiger partial charge in [-0.2, -0.15) is 0 Å². The van der Waals surface area contributed by atoms with Gasteiger partial charge in [0.2, 0.25) is 5.88 Å². The first-order valence-corrected chi connectivity index (χ1v) is 10.5. The molecule has 0 spiro atoms. The van der Waals surface area contributed by atoms with Crippen LogP contribution in [0.3, 0.4) is 0 Å². The van der Waals surface area contributed by atoms with E-state index in [1.54, 1.807) is 0 Å². The summed E-state index contributed by atoms with van der Waals surface area (Å²) in [5.74, 6) is 1.62. The molecule has 150 valence electrons. The lowest BCUT2D eigenvalue weighted by Crippen LogP contribution is -2.49. The number of piperidine rings is 1. The quantitative estimate of drug-likeness (QED) is 0.593. The Morgan fingerprint density at radius 2 is 2.00 bits per heavy atom. The molecule has 0 aromatic carbocycles. The van der Waals surface area contributed by atoms with Crippen molar-refractivity contribution in [1.82, 2.24) is 20.5 Å². The van der Waals surface area contributed by atoms with E-state index in [-0.39, 0.29) is 0 Å². The van der Waals surface area contributed by atoms with E-state index in [0.29, 0.717) is 24.7 Å². The molecule has 6 nitrogen and oxygen atoms in total. The minimum Gasteiger partial charge on any atom is -0.474 e. The van der Waals surface area contributed by atoms with Crippen molar-refractivity contribution in [3.63, 3.8) is 0 Å². The largest absolute Gasteiger partial charge is 0.474 e. The Balaban J connectivity index is 1.50. The van der Waals surface area contributed by atoms with Crippen LogP contribution in [-0.4, -0.2) is 54.2 Å². The molecule has 2 fully saturated rings. The number of nitrogens with one attached hydrogen (secondary N) is 2. The predicted molar refractivity (Wildman–Crippen MR) is 110 cm³/mol. The van der Waals surface area contributed by atoms with Crippen LogP contribution >= 0.6 is 0 Å². The normalized spacial score (nSPS) is 20.2. The molecule has 1 saturated carbocycles. The van der Waals surface area contributed by atoms with Gasteiger partial charge in [-0.3, -0.25) is 4.99 Å². The summed E-state index contributed by atoms with van der Waals surface area (Å²) in [5.41, 5.74) is 1.09. The Bertz CT molecular complexity index is 604. The molecular formula is C21H35N5O. The smallest absolute Gasteiger partial charge is 0.218 e. The van der Waals surface area contributed by atoms with E-state index in [2.05, 4.69) is 45.4 Å². The number of aromatic nitrogens is 1. The Morgan fingerprint density at radius 3 is 2.67 bits per heavy atom. The number of nitrogens with zero attached hydrogens (tertiary/aromatic N) is 3. The molecular weight excluding hydrogens is 338 g/mol. The van der Waals surface area contributed by atoms with Gasteiger partial charge in [-0.1, -0.05) is 6.07 Å². The molecule has 2 N–H and O–H groups in total. The monoisotopic (exact) mass is 373 g/mol. The van der Waals surface area contributed by atoms with Crippen LogP contribution in [0.2, 0.25) is 0 Å². The number of pyridine rings is 1. The number of rotatable bonds is 6. The van der Waals surface area contributed by atoms with Gasteiger partial charge in [0.05, 0.1) is 0 Å². The van der Waals surface area contributed by atoms with E-state index >= 15 is 0 Å². The van der Waals surface area contributed by atoms with Crippen molar-refractivity contribution in [3.8, 4) is 5.88 Å². The third-order valence-corrected chi connectivity index (χ3v) is 5.70. The number of guanidine groups is 1. The highest BCUT2D eigenvalue weighted by atomic mass is 16.5. The number of hydrogen-bond acceptors (Lipinski definition) is 4. The van der Waals surface area contributed by atoms with Crippen LogP contribution in [0.1, 0.15) is 57.9 Å². The van der Waals surface area contributed by atoms with Crippen LogP contribution in [-0.2, 0) is 6.54 Å². The van der Waals surface area contributed by atoms with E-state index < -0.39 is 0 Å². The fourth-order valence-corrected chi connectivity index (χ4v) is 3.96. The molecule has 2 heterocycles. The zero-order valence-electron chi connectivity index (χ0n) is 17.1. The minimum absolute atomic E-state index is 0.322. The Kier molecular flexibility index (Phi) is 7.33. The summed E-state index contributed by atoms with van der Waals surface area (Å²) in [6.45, 7) is 7.50. The highest BCUT2D eigenvalue weighted by molar-refractivity contribution is 5.80. The van der Waals surface area contributed by atoms with Crippen molar-refractivity contribution < 1.29 is 4.74 Å². The highest BCUT2D eigenvalue weighted by Gasteiger charge is 2.22. The highest BCUT2D eigenvalue weighted by Crippen LogP contribution is 2.25. The van der Waals surface area contributed by atoms with Crippen LogP contribution in [0.4, 0.5) is 0 Å². The first-order chi connectivity index (χ1) is 13.2. The number of likely N-dealkylation sites (tertiary alicyclic amines) is 1. The molecule has 1 aliphatic heterocycles. The maximum Gasteiger partial charge on any atom is 0.218 e. The molecule has 1 saturated heterocycles. The number of ether oxygens (including phenoxy) is 1. The molecule has 1 aromatic heterocycles. The lowest BCUT2D eigenvalue weighted by atomic mass is 10.0. The van der Waals surface area contributed by atoms with Gasteiger partial charge in [0.25, 0.3) is 0 Å². The molecule has 0 radical (unpaired) electrons. The zero-order chi connectivity index (χ0) is 19.1. The molecule has 3 rings (SSSR count). The summed E-state index contributed by atoms with van der Waals surface area (Å²) in [4.78, 5) is 11.4. The van der Waals surface area contributed by atoms with E-state index in [1.165, 1.54) is 12.8 Å². The molecule has 1 aromatic rings. The summed E-state index contributed by atoms with van der Waals surface area (Å²) in [5, 5.41) is 7.02. The van der Waals surface area contributed by atoms with Gasteiger partial charge in [0, 0.05) is 50.5 Å². The van der Waals surface area contributed by atoms with Crippen molar-refractivity contribution in [2.75, 3.05) is 20.1 Å². The Labute approximate surface area is 163 Å². The molecule has 1 aliphatic carbocycles. The molecule has 0 atom stereocenters. The SMILES string of the molecule is CN=C(NCc1cccnc1OC1CCCC1)NC1CCN(C(C)C)CC1. The van der Waals surface area contributed by atoms with Gasteiger partial charge < -0.3 is 20.3 Å². The third kappa shape index (κ3) is 5.83. The zero-order valence-corrected chi connectivity index (χ0v) is 17.1. The van der Waals surface area contributed by atoms with Crippen LogP contribution in [0.15, 0.2) is 23.3 Å². The van der Waals surface area contributed by atoms with Crippen molar-refractivity contribution in [2.24, 2.45) is 4.99 Å². The van der Waals surface area contributed by atoms with E-state index in [0.717, 1.165) is 56.2 Å². The Hall–Kier alpha value is -1.82. The second-order valence-corrected chi connectivity index (χ2v) is 7.97. The van der Waals surface area contributed by atoms with Crippen molar-refractivity contribution in [2.45, 2.75) is 77.1 Å². The molecule has 6 heteroatoms. The standard InChI is InChI=1S/C21H35N5O/c1-16(2)26-13-10-18(11-14-26)25-21(22-3)24-15-17-7-6-12-23-20(17)27-19-8-4-5-9-19/h6-7,12,16,18-19H,4-5,8-11,13-15H2,1-3H3,(H2,22,24,25). The van der Waals surface area contributed by atoms with Gasteiger partial charge in [0.1, 0.15) is 6.10 Å². The second kappa shape index (κ2) is 9.93. The summed E-state index contributed by atoms with van der Waals surface area (Å²) >= 11 is 0. The van der Waals surface area contributed by atoms with Crippen LogP contribution in [0, 0.1) is 0 Å². The lowest BCUT2D eigenvalue weighted by molar-refractivity contribution is 0.167. The van der Waals surface area contributed by atoms with Gasteiger partial charge in [0.15, 0.2) is 5.96 Å². The van der Waals surface area contributed by atoms with Gasteiger partial charge >= 0.3 is 0 Å². The van der Waals surface area contributed by atoms with Crippen LogP contribution in [0.5, 0.6) is 5.88 Å². The summed E-state index contributed by atoms with van der Waals surface area (Å²) in [7, 11) is 1.83. The Morgan fingerprint density at radius 1 is 1.26 bits per heavy atom. The fourth-order valence-electron chi connectivity index (χ4n) is 3.96.